The van der Waals surface area contributed by atoms with Crippen molar-refractivity contribution < 1.29 is 9.90 Å². The number of H-pyrrole nitrogens is 1. The van der Waals surface area contributed by atoms with E-state index in [0.29, 0.717) is 6.54 Å². The minimum atomic E-state index is -0.967. The van der Waals surface area contributed by atoms with Gasteiger partial charge in [0.2, 0.25) is 0 Å². The normalized spacial score (nSPS) is 10.9. The number of nitrogens with zero attached hydrogens (tertiary/aromatic N) is 1. The molecule has 3 N–H and O–H groups in total. The maximum Gasteiger partial charge on any atom is 0.352 e. The first-order chi connectivity index (χ1) is 13.1. The first-order valence-corrected chi connectivity index (χ1v) is 8.71. The topological polar surface area (TPSA) is 78.0 Å². The Morgan fingerprint density at radius 1 is 1.11 bits per heavy atom. The first-order valence-electron chi connectivity index (χ1n) is 8.71. The number of carbonyl (C=O) groups is 1. The van der Waals surface area contributed by atoms with Crippen LogP contribution in [0.15, 0.2) is 66.9 Å². The Bertz CT molecular complexity index is 1110. The van der Waals surface area contributed by atoms with E-state index in [1.807, 2.05) is 36.4 Å². The van der Waals surface area contributed by atoms with Crippen molar-refractivity contribution >= 4 is 22.7 Å². The fraction of sp³-hybridized carbons (Fsp3) is 0.0909. The van der Waals surface area contributed by atoms with Crippen LogP contribution in [0.25, 0.3) is 22.0 Å². The number of hydrogen-bond acceptors (Lipinski definition) is 3. The van der Waals surface area contributed by atoms with Crippen molar-refractivity contribution in [1.29, 1.82) is 0 Å². The van der Waals surface area contributed by atoms with Crippen molar-refractivity contribution in [2.24, 2.45) is 0 Å². The van der Waals surface area contributed by atoms with Crippen LogP contribution in [0.3, 0.4) is 0 Å². The molecule has 4 aromatic rings. The van der Waals surface area contributed by atoms with E-state index >= 15 is 0 Å². The number of aromatic nitrogens is 2. The molecule has 0 aliphatic heterocycles. The molecule has 5 nitrogen and oxygen atoms in total. The molecule has 4 rings (SSSR count). The lowest BCUT2D eigenvalue weighted by Gasteiger charge is -2.08. The van der Waals surface area contributed by atoms with E-state index in [9.17, 15) is 9.90 Å². The van der Waals surface area contributed by atoms with Crippen molar-refractivity contribution in [2.45, 2.75) is 13.5 Å². The van der Waals surface area contributed by atoms with E-state index in [4.69, 9.17) is 0 Å². The number of nitrogens with one attached hydrogen (secondary N) is 2. The average Bonchev–Trinajstić information content (AvgIpc) is 3.12. The van der Waals surface area contributed by atoms with E-state index in [2.05, 4.69) is 40.4 Å². The van der Waals surface area contributed by atoms with Gasteiger partial charge in [-0.2, -0.15) is 0 Å². The smallest absolute Gasteiger partial charge is 0.352 e. The summed E-state index contributed by atoms with van der Waals surface area (Å²) in [5.41, 5.74) is 5.29. The van der Waals surface area contributed by atoms with Crippen LogP contribution < -0.4 is 5.32 Å². The van der Waals surface area contributed by atoms with E-state index in [1.54, 1.807) is 12.3 Å². The maximum absolute atomic E-state index is 11.2. The van der Waals surface area contributed by atoms with Crippen LogP contribution in [-0.4, -0.2) is 21.0 Å². The van der Waals surface area contributed by atoms with Gasteiger partial charge in [0.25, 0.3) is 0 Å². The van der Waals surface area contributed by atoms with Crippen LogP contribution in [0, 0.1) is 6.92 Å². The molecule has 2 heterocycles. The highest BCUT2D eigenvalue weighted by Gasteiger charge is 2.11. The van der Waals surface area contributed by atoms with Crippen LogP contribution in [0.1, 0.15) is 21.6 Å². The number of hydrogen-bond donors (Lipinski definition) is 3. The van der Waals surface area contributed by atoms with Gasteiger partial charge in [-0.05, 0) is 30.7 Å². The number of benzene rings is 2. The van der Waals surface area contributed by atoms with Crippen molar-refractivity contribution in [3.63, 3.8) is 0 Å². The summed E-state index contributed by atoms with van der Waals surface area (Å²) in [4.78, 5) is 18.7. The average molecular weight is 357 g/mol. The second kappa shape index (κ2) is 6.96. The number of aryl methyl sites for hydroxylation is 1. The lowest BCUT2D eigenvalue weighted by molar-refractivity contribution is 0.0691. The highest BCUT2D eigenvalue weighted by molar-refractivity contribution is 5.99. The number of fused-ring (bicyclic) bond motifs is 1. The van der Waals surface area contributed by atoms with Crippen molar-refractivity contribution in [1.82, 2.24) is 9.97 Å². The minimum absolute atomic E-state index is 0.182. The van der Waals surface area contributed by atoms with Gasteiger partial charge in [0.15, 0.2) is 0 Å². The van der Waals surface area contributed by atoms with Gasteiger partial charge in [0.1, 0.15) is 11.5 Å². The van der Waals surface area contributed by atoms with Gasteiger partial charge in [0, 0.05) is 29.3 Å². The number of aromatic carboxylic acids is 1. The molecular weight excluding hydrogens is 338 g/mol. The third-order valence-corrected chi connectivity index (χ3v) is 4.52. The van der Waals surface area contributed by atoms with Crippen molar-refractivity contribution in [3.05, 3.63) is 83.7 Å². The van der Waals surface area contributed by atoms with E-state index in [-0.39, 0.29) is 5.69 Å². The lowest BCUT2D eigenvalue weighted by Crippen LogP contribution is -2.01. The van der Waals surface area contributed by atoms with Crippen LogP contribution >= 0.6 is 0 Å². The summed E-state index contributed by atoms with van der Waals surface area (Å²) in [7, 11) is 0. The zero-order valence-electron chi connectivity index (χ0n) is 14.9. The largest absolute Gasteiger partial charge is 0.477 e. The summed E-state index contributed by atoms with van der Waals surface area (Å²) < 4.78 is 0. The molecule has 0 saturated carbocycles. The summed E-state index contributed by atoms with van der Waals surface area (Å²) in [5, 5.41) is 13.4. The SMILES string of the molecule is Cc1cccc(CNc2ccc(-c3cccc4cc(C(=O)O)[nH]c34)cn2)c1. The van der Waals surface area contributed by atoms with Crippen LogP contribution in [0.4, 0.5) is 5.82 Å². The number of para-hydroxylation sites is 1. The molecular formula is C22H19N3O2. The standard InChI is InChI=1S/C22H19N3O2/c1-14-4-2-5-15(10-14)12-23-20-9-8-17(13-24-20)18-7-3-6-16-11-19(22(26)27)25-21(16)18/h2-11,13,25H,12H2,1H3,(H,23,24)(H,26,27). The molecule has 134 valence electrons. The number of pyridine rings is 1. The van der Waals surface area contributed by atoms with E-state index < -0.39 is 5.97 Å². The molecule has 5 heteroatoms. The van der Waals surface area contributed by atoms with Crippen LogP contribution in [-0.2, 0) is 6.54 Å². The van der Waals surface area contributed by atoms with E-state index in [1.165, 1.54) is 11.1 Å². The molecule has 0 fully saturated rings. The Labute approximate surface area is 156 Å². The predicted molar refractivity (Wildman–Crippen MR) is 107 cm³/mol. The van der Waals surface area contributed by atoms with Gasteiger partial charge in [-0.15, -0.1) is 0 Å². The number of carboxylic acids is 1. The zero-order chi connectivity index (χ0) is 18.8. The van der Waals surface area contributed by atoms with Gasteiger partial charge >= 0.3 is 5.97 Å². The number of aromatic amines is 1. The molecule has 0 bridgehead atoms. The lowest BCUT2D eigenvalue weighted by atomic mass is 10.1. The molecule has 0 atom stereocenters. The molecule has 0 aliphatic rings. The first kappa shape index (κ1) is 16.8. The summed E-state index contributed by atoms with van der Waals surface area (Å²) in [5.74, 6) is -0.170. The Hall–Kier alpha value is -3.60. The molecule has 0 spiro atoms. The molecule has 2 aromatic carbocycles. The Balaban J connectivity index is 1.57. The molecule has 0 aliphatic carbocycles. The highest BCUT2D eigenvalue weighted by Crippen LogP contribution is 2.28. The molecule has 0 amide bonds. The second-order valence-electron chi connectivity index (χ2n) is 6.53. The van der Waals surface area contributed by atoms with Gasteiger partial charge in [0.05, 0.1) is 5.52 Å². The molecule has 0 unspecified atom stereocenters. The number of anilines is 1. The van der Waals surface area contributed by atoms with Gasteiger partial charge in [-0.3, -0.25) is 0 Å². The third-order valence-electron chi connectivity index (χ3n) is 4.52. The summed E-state index contributed by atoms with van der Waals surface area (Å²) in [6.45, 7) is 2.79. The molecule has 0 radical (unpaired) electrons. The minimum Gasteiger partial charge on any atom is -0.477 e. The van der Waals surface area contributed by atoms with Crippen molar-refractivity contribution in [3.8, 4) is 11.1 Å². The second-order valence-corrected chi connectivity index (χ2v) is 6.53. The fourth-order valence-corrected chi connectivity index (χ4v) is 3.18. The van der Waals surface area contributed by atoms with Gasteiger partial charge in [-0.25, -0.2) is 9.78 Å². The summed E-state index contributed by atoms with van der Waals surface area (Å²) >= 11 is 0. The van der Waals surface area contributed by atoms with Gasteiger partial charge < -0.3 is 15.4 Å². The summed E-state index contributed by atoms with van der Waals surface area (Å²) in [6, 6.07) is 19.7. The zero-order valence-corrected chi connectivity index (χ0v) is 14.9. The highest BCUT2D eigenvalue weighted by atomic mass is 16.4. The van der Waals surface area contributed by atoms with Gasteiger partial charge in [-0.1, -0.05) is 48.0 Å². The van der Waals surface area contributed by atoms with Crippen molar-refractivity contribution in [2.75, 3.05) is 5.32 Å². The quantitative estimate of drug-likeness (QED) is 0.477. The van der Waals surface area contributed by atoms with E-state index in [0.717, 1.165) is 27.8 Å². The maximum atomic E-state index is 11.2. The fourth-order valence-electron chi connectivity index (χ4n) is 3.18. The number of rotatable bonds is 5. The monoisotopic (exact) mass is 357 g/mol. The van der Waals surface area contributed by atoms with Crippen LogP contribution in [0.5, 0.6) is 0 Å². The number of carboxylic acid groups (broad SMARTS) is 1. The predicted octanol–water partition coefficient (Wildman–Crippen LogP) is 4.85. The Morgan fingerprint density at radius 3 is 2.70 bits per heavy atom. The molecule has 0 saturated heterocycles. The summed E-state index contributed by atoms with van der Waals surface area (Å²) in [6.07, 6.45) is 1.80. The Morgan fingerprint density at radius 2 is 1.96 bits per heavy atom. The molecule has 2 aromatic heterocycles. The third kappa shape index (κ3) is 3.53. The van der Waals surface area contributed by atoms with Crippen LogP contribution in [0.2, 0.25) is 0 Å². The molecule has 27 heavy (non-hydrogen) atoms. The Kier molecular flexibility index (Phi) is 4.34.